The summed E-state index contributed by atoms with van der Waals surface area (Å²) >= 11 is 0. The Hall–Kier alpha value is -2.24. The summed E-state index contributed by atoms with van der Waals surface area (Å²) in [4.78, 5) is 22.1. The third-order valence-corrected chi connectivity index (χ3v) is 5.14. The zero-order valence-corrected chi connectivity index (χ0v) is 13.2. The Morgan fingerprint density at radius 1 is 1.30 bits per heavy atom. The average molecular weight is 315 g/mol. The van der Waals surface area contributed by atoms with Crippen molar-refractivity contribution >= 4 is 17.3 Å². The van der Waals surface area contributed by atoms with E-state index >= 15 is 0 Å². The molecule has 2 aliphatic carbocycles. The van der Waals surface area contributed by atoms with Crippen LogP contribution in [-0.2, 0) is 11.2 Å². The van der Waals surface area contributed by atoms with Gasteiger partial charge in [-0.05, 0) is 43.6 Å². The number of nitro benzene ring substituents is 1. The molecule has 0 spiro atoms. The molecule has 122 valence electrons. The van der Waals surface area contributed by atoms with E-state index in [2.05, 4.69) is 10.5 Å². The lowest BCUT2D eigenvalue weighted by Gasteiger charge is -2.21. The molecule has 23 heavy (non-hydrogen) atoms. The molecule has 0 radical (unpaired) electrons. The lowest BCUT2D eigenvalue weighted by Crippen LogP contribution is -2.25. The van der Waals surface area contributed by atoms with Crippen molar-refractivity contribution < 1.29 is 9.72 Å². The molecule has 3 rings (SSSR count). The van der Waals surface area contributed by atoms with Gasteiger partial charge in [-0.15, -0.1) is 0 Å². The van der Waals surface area contributed by atoms with Gasteiger partial charge in [0.15, 0.2) is 0 Å². The summed E-state index contributed by atoms with van der Waals surface area (Å²) in [6.45, 7) is 2.00. The van der Waals surface area contributed by atoms with E-state index < -0.39 is 4.92 Å². The molecule has 0 aliphatic heterocycles. The van der Waals surface area contributed by atoms with Crippen LogP contribution in [0.4, 0.5) is 5.69 Å². The SMILES string of the molecule is C/C(=N/NC(=O)Cc1ccc([N+](=O)[O-])cc1)[C@H]1C[C@@H]2CC[C@@H]1C2. The first-order valence-electron chi connectivity index (χ1n) is 8.09. The van der Waals surface area contributed by atoms with Crippen LogP contribution in [0.5, 0.6) is 0 Å². The second-order valence-corrected chi connectivity index (χ2v) is 6.67. The number of non-ortho nitro benzene ring substituents is 1. The highest BCUT2D eigenvalue weighted by molar-refractivity contribution is 5.87. The predicted octanol–water partition coefficient (Wildman–Crippen LogP) is 3.07. The van der Waals surface area contributed by atoms with Crippen molar-refractivity contribution in [2.75, 3.05) is 0 Å². The predicted molar refractivity (Wildman–Crippen MR) is 87.0 cm³/mol. The third-order valence-electron chi connectivity index (χ3n) is 5.14. The van der Waals surface area contributed by atoms with E-state index in [1.54, 1.807) is 12.1 Å². The summed E-state index contributed by atoms with van der Waals surface area (Å²) in [7, 11) is 0. The van der Waals surface area contributed by atoms with Crippen molar-refractivity contribution in [2.24, 2.45) is 22.9 Å². The normalized spacial score (nSPS) is 26.3. The zero-order chi connectivity index (χ0) is 16.4. The van der Waals surface area contributed by atoms with Crippen molar-refractivity contribution in [3.05, 3.63) is 39.9 Å². The van der Waals surface area contributed by atoms with Crippen molar-refractivity contribution in [3.8, 4) is 0 Å². The Morgan fingerprint density at radius 2 is 2.04 bits per heavy atom. The van der Waals surface area contributed by atoms with E-state index in [0.29, 0.717) is 5.92 Å². The molecule has 1 N–H and O–H groups in total. The van der Waals surface area contributed by atoms with Crippen LogP contribution in [0.3, 0.4) is 0 Å². The fraction of sp³-hybridized carbons (Fsp3) is 0.529. The van der Waals surface area contributed by atoms with Crippen molar-refractivity contribution in [3.63, 3.8) is 0 Å². The number of hydrogen-bond donors (Lipinski definition) is 1. The van der Waals surface area contributed by atoms with E-state index in [4.69, 9.17) is 0 Å². The summed E-state index contributed by atoms with van der Waals surface area (Å²) in [5.74, 6) is 1.93. The summed E-state index contributed by atoms with van der Waals surface area (Å²) in [5.41, 5.74) is 4.41. The first-order valence-corrected chi connectivity index (χ1v) is 8.09. The summed E-state index contributed by atoms with van der Waals surface area (Å²) < 4.78 is 0. The third kappa shape index (κ3) is 3.57. The second-order valence-electron chi connectivity index (χ2n) is 6.67. The number of hydrazone groups is 1. The van der Waals surface area contributed by atoms with Gasteiger partial charge in [-0.1, -0.05) is 18.6 Å². The summed E-state index contributed by atoms with van der Waals surface area (Å²) in [6.07, 6.45) is 5.33. The topological polar surface area (TPSA) is 84.6 Å². The standard InChI is InChI=1S/C17H21N3O3/c1-11(16-9-13-2-5-14(16)8-13)18-19-17(21)10-12-3-6-15(7-4-12)20(22)23/h3-4,6-7,13-14,16H,2,5,8-10H2,1H3,(H,19,21)/b18-11-/t13-,14-,16-/m1/s1. The minimum absolute atomic E-state index is 0.0271. The van der Waals surface area contributed by atoms with E-state index in [9.17, 15) is 14.9 Å². The fourth-order valence-electron chi connectivity index (χ4n) is 3.95. The summed E-state index contributed by atoms with van der Waals surface area (Å²) in [6, 6.07) is 6.02. The van der Waals surface area contributed by atoms with Crippen molar-refractivity contribution in [1.82, 2.24) is 5.43 Å². The maximum Gasteiger partial charge on any atom is 0.269 e. The molecule has 3 atom stereocenters. The minimum atomic E-state index is -0.452. The molecule has 0 aromatic heterocycles. The second kappa shape index (κ2) is 6.48. The number of hydrogen-bond acceptors (Lipinski definition) is 4. The van der Waals surface area contributed by atoms with Crippen LogP contribution in [0.2, 0.25) is 0 Å². The van der Waals surface area contributed by atoms with Crippen molar-refractivity contribution in [2.45, 2.75) is 39.0 Å². The molecule has 0 heterocycles. The molecule has 6 nitrogen and oxygen atoms in total. The van der Waals surface area contributed by atoms with Gasteiger partial charge in [-0.25, -0.2) is 5.43 Å². The quantitative estimate of drug-likeness (QED) is 0.515. The van der Waals surface area contributed by atoms with Gasteiger partial charge in [0.05, 0.1) is 11.3 Å². The highest BCUT2D eigenvalue weighted by Crippen LogP contribution is 2.48. The first kappa shape index (κ1) is 15.6. The van der Waals surface area contributed by atoms with Crippen LogP contribution >= 0.6 is 0 Å². The molecule has 1 amide bonds. The molecule has 6 heteroatoms. The van der Waals surface area contributed by atoms with E-state index in [-0.39, 0.29) is 18.0 Å². The molecule has 1 aromatic carbocycles. The monoisotopic (exact) mass is 315 g/mol. The lowest BCUT2D eigenvalue weighted by molar-refractivity contribution is -0.384. The minimum Gasteiger partial charge on any atom is -0.273 e. The molecular weight excluding hydrogens is 294 g/mol. The van der Waals surface area contributed by atoms with Gasteiger partial charge in [0, 0.05) is 23.8 Å². The number of carbonyl (C=O) groups is 1. The largest absolute Gasteiger partial charge is 0.273 e. The Kier molecular flexibility index (Phi) is 4.41. The van der Waals surface area contributed by atoms with Gasteiger partial charge in [0.2, 0.25) is 5.91 Å². The van der Waals surface area contributed by atoms with E-state index in [1.165, 1.54) is 37.8 Å². The molecule has 2 aliphatic rings. The number of rotatable bonds is 5. The Labute approximate surface area is 135 Å². The Balaban J connectivity index is 1.53. The molecule has 2 saturated carbocycles. The number of amides is 1. The number of nitrogens with zero attached hydrogens (tertiary/aromatic N) is 2. The van der Waals surface area contributed by atoms with Gasteiger partial charge < -0.3 is 0 Å². The fourth-order valence-corrected chi connectivity index (χ4v) is 3.95. The molecule has 1 aromatic rings. The highest BCUT2D eigenvalue weighted by Gasteiger charge is 2.40. The lowest BCUT2D eigenvalue weighted by atomic mass is 9.86. The number of nitrogens with one attached hydrogen (secondary N) is 1. The van der Waals surface area contributed by atoms with E-state index in [0.717, 1.165) is 23.1 Å². The maximum atomic E-state index is 12.0. The summed E-state index contributed by atoms with van der Waals surface area (Å²) in [5, 5.41) is 14.9. The van der Waals surface area contributed by atoms with Gasteiger partial charge in [-0.3, -0.25) is 14.9 Å². The van der Waals surface area contributed by atoms with Gasteiger partial charge in [0.1, 0.15) is 0 Å². The number of carbonyl (C=O) groups excluding carboxylic acids is 1. The number of fused-ring (bicyclic) bond motifs is 2. The Bertz CT molecular complexity index is 639. The zero-order valence-electron chi connectivity index (χ0n) is 13.2. The average Bonchev–Trinajstić information content (AvgIpc) is 3.16. The van der Waals surface area contributed by atoms with Crippen LogP contribution < -0.4 is 5.43 Å². The molecule has 2 bridgehead atoms. The maximum absolute atomic E-state index is 12.0. The Morgan fingerprint density at radius 3 is 2.61 bits per heavy atom. The van der Waals surface area contributed by atoms with E-state index in [1.807, 2.05) is 6.92 Å². The van der Waals surface area contributed by atoms with Crippen LogP contribution in [0.25, 0.3) is 0 Å². The molecule has 0 unspecified atom stereocenters. The van der Waals surface area contributed by atoms with Crippen LogP contribution in [0.15, 0.2) is 29.4 Å². The molecular formula is C17H21N3O3. The molecule has 0 saturated heterocycles. The molecule has 2 fully saturated rings. The van der Waals surface area contributed by atoms with Gasteiger partial charge >= 0.3 is 0 Å². The number of benzene rings is 1. The van der Waals surface area contributed by atoms with Crippen LogP contribution in [-0.4, -0.2) is 16.5 Å². The van der Waals surface area contributed by atoms with Crippen LogP contribution in [0.1, 0.15) is 38.2 Å². The number of nitro groups is 1. The van der Waals surface area contributed by atoms with Crippen LogP contribution in [0, 0.1) is 27.9 Å². The van der Waals surface area contributed by atoms with Gasteiger partial charge in [0.25, 0.3) is 5.69 Å². The highest BCUT2D eigenvalue weighted by atomic mass is 16.6. The van der Waals surface area contributed by atoms with Gasteiger partial charge in [-0.2, -0.15) is 5.10 Å². The van der Waals surface area contributed by atoms with Crippen molar-refractivity contribution in [1.29, 1.82) is 0 Å². The smallest absolute Gasteiger partial charge is 0.269 e. The first-order chi connectivity index (χ1) is 11.0.